The van der Waals surface area contributed by atoms with Crippen LogP contribution in [0.5, 0.6) is 0 Å². The molecule has 0 saturated carbocycles. The second-order valence-electron chi connectivity index (χ2n) is 2.76. The summed E-state index contributed by atoms with van der Waals surface area (Å²) in [5.74, 6) is 0. The molecule has 0 amide bonds. The molecule has 1 aromatic heterocycles. The molecule has 1 aromatic carbocycles. The van der Waals surface area contributed by atoms with E-state index in [4.69, 9.17) is 0 Å². The summed E-state index contributed by atoms with van der Waals surface area (Å²) in [6.45, 7) is 0. The van der Waals surface area contributed by atoms with E-state index in [-0.39, 0.29) is 16.7 Å². The third-order valence-electron chi connectivity index (χ3n) is 1.74. The topological polar surface area (TPSA) is 0 Å². The van der Waals surface area contributed by atoms with Gasteiger partial charge in [-0.15, -0.1) is 11.3 Å². The Morgan fingerprint density at radius 1 is 1.27 bits per heavy atom. The number of thiophene rings is 1. The standard InChI is InChI=1S/C9H4BrF3S2/c10-6-3-1-2-5-7(4-14-8(5)6)15-9(11,12)13/h1-4H. The van der Waals surface area contributed by atoms with Gasteiger partial charge >= 0.3 is 5.51 Å². The molecule has 15 heavy (non-hydrogen) atoms. The summed E-state index contributed by atoms with van der Waals surface area (Å²) >= 11 is 4.56. The highest BCUT2D eigenvalue weighted by molar-refractivity contribution is 9.10. The lowest BCUT2D eigenvalue weighted by Crippen LogP contribution is -1.98. The van der Waals surface area contributed by atoms with Gasteiger partial charge in [-0.1, -0.05) is 12.1 Å². The lowest BCUT2D eigenvalue weighted by molar-refractivity contribution is -0.0327. The number of benzene rings is 1. The van der Waals surface area contributed by atoms with Crippen molar-refractivity contribution in [1.29, 1.82) is 0 Å². The van der Waals surface area contributed by atoms with E-state index in [1.807, 2.05) is 6.07 Å². The first-order valence-electron chi connectivity index (χ1n) is 3.89. The van der Waals surface area contributed by atoms with E-state index < -0.39 is 5.51 Å². The summed E-state index contributed by atoms with van der Waals surface area (Å²) in [6, 6.07) is 5.26. The van der Waals surface area contributed by atoms with Crippen LogP contribution in [0, 0.1) is 0 Å². The zero-order valence-electron chi connectivity index (χ0n) is 7.14. The van der Waals surface area contributed by atoms with Crippen molar-refractivity contribution in [3.8, 4) is 0 Å². The van der Waals surface area contributed by atoms with Gasteiger partial charge in [0.15, 0.2) is 0 Å². The van der Waals surface area contributed by atoms with Gasteiger partial charge in [0.25, 0.3) is 0 Å². The molecule has 0 nitrogen and oxygen atoms in total. The Morgan fingerprint density at radius 2 is 2.00 bits per heavy atom. The Kier molecular flexibility index (Phi) is 3.00. The van der Waals surface area contributed by atoms with Crippen LogP contribution in [0.2, 0.25) is 0 Å². The molecule has 0 fully saturated rings. The molecular weight excluding hydrogens is 309 g/mol. The van der Waals surface area contributed by atoms with Crippen LogP contribution in [0.15, 0.2) is 32.9 Å². The zero-order chi connectivity index (χ0) is 11.1. The Hall–Kier alpha value is -0.200. The number of fused-ring (bicyclic) bond motifs is 1. The number of halogens is 4. The quantitative estimate of drug-likeness (QED) is 0.646. The van der Waals surface area contributed by atoms with E-state index in [0.29, 0.717) is 5.39 Å². The molecule has 0 radical (unpaired) electrons. The van der Waals surface area contributed by atoms with Crippen LogP contribution in [0.4, 0.5) is 13.2 Å². The summed E-state index contributed by atoms with van der Waals surface area (Å²) in [4.78, 5) is 0.267. The van der Waals surface area contributed by atoms with Gasteiger partial charge < -0.3 is 0 Å². The highest BCUT2D eigenvalue weighted by Crippen LogP contribution is 2.44. The average Bonchev–Trinajstić information content (AvgIpc) is 2.48. The zero-order valence-corrected chi connectivity index (χ0v) is 10.4. The molecule has 2 aromatic rings. The van der Waals surface area contributed by atoms with Gasteiger partial charge in [-0.05, 0) is 33.8 Å². The van der Waals surface area contributed by atoms with E-state index >= 15 is 0 Å². The normalized spacial score (nSPS) is 12.3. The predicted molar refractivity (Wildman–Crippen MR) is 61.4 cm³/mol. The first-order chi connectivity index (χ1) is 6.97. The Bertz CT molecular complexity index is 490. The van der Waals surface area contributed by atoms with E-state index in [2.05, 4.69) is 15.9 Å². The van der Waals surface area contributed by atoms with Crippen LogP contribution in [-0.2, 0) is 0 Å². The minimum absolute atomic E-state index is 0.0648. The average molecular weight is 313 g/mol. The molecule has 0 spiro atoms. The van der Waals surface area contributed by atoms with Gasteiger partial charge in [-0.3, -0.25) is 0 Å². The minimum Gasteiger partial charge on any atom is -0.160 e. The van der Waals surface area contributed by atoms with Crippen molar-refractivity contribution in [2.24, 2.45) is 0 Å². The number of thioether (sulfide) groups is 1. The molecule has 0 unspecified atom stereocenters. The molecule has 0 saturated heterocycles. The van der Waals surface area contributed by atoms with Crippen LogP contribution < -0.4 is 0 Å². The molecule has 0 aliphatic carbocycles. The molecule has 0 bridgehead atoms. The van der Waals surface area contributed by atoms with E-state index in [0.717, 1.165) is 9.17 Å². The van der Waals surface area contributed by atoms with Crippen molar-refractivity contribution in [3.05, 3.63) is 28.1 Å². The van der Waals surface area contributed by atoms with Crippen molar-refractivity contribution < 1.29 is 13.2 Å². The van der Waals surface area contributed by atoms with Crippen LogP contribution in [0.1, 0.15) is 0 Å². The first-order valence-corrected chi connectivity index (χ1v) is 6.38. The maximum Gasteiger partial charge on any atom is 0.446 e. The lowest BCUT2D eigenvalue weighted by atomic mass is 10.3. The molecule has 0 atom stereocenters. The second-order valence-corrected chi connectivity index (χ2v) is 5.61. The maximum atomic E-state index is 12.2. The van der Waals surface area contributed by atoms with Gasteiger partial charge in [-0.2, -0.15) is 13.2 Å². The van der Waals surface area contributed by atoms with Gasteiger partial charge in [0.1, 0.15) is 0 Å². The van der Waals surface area contributed by atoms with Crippen LogP contribution in [-0.4, -0.2) is 5.51 Å². The van der Waals surface area contributed by atoms with Crippen LogP contribution in [0.25, 0.3) is 10.1 Å². The monoisotopic (exact) mass is 312 g/mol. The third kappa shape index (κ3) is 2.49. The number of alkyl halides is 3. The van der Waals surface area contributed by atoms with Gasteiger partial charge in [-0.25, -0.2) is 0 Å². The Morgan fingerprint density at radius 3 is 2.67 bits per heavy atom. The summed E-state index contributed by atoms with van der Waals surface area (Å²) in [5.41, 5.74) is -4.23. The van der Waals surface area contributed by atoms with Crippen molar-refractivity contribution in [2.75, 3.05) is 0 Å². The number of rotatable bonds is 1. The van der Waals surface area contributed by atoms with Crippen molar-refractivity contribution in [2.45, 2.75) is 10.4 Å². The highest BCUT2D eigenvalue weighted by atomic mass is 79.9. The van der Waals surface area contributed by atoms with Crippen LogP contribution >= 0.6 is 39.0 Å². The van der Waals surface area contributed by atoms with E-state index in [1.54, 1.807) is 12.1 Å². The van der Waals surface area contributed by atoms with Gasteiger partial charge in [0, 0.05) is 24.8 Å². The Labute approximate surface area is 101 Å². The summed E-state index contributed by atoms with van der Waals surface area (Å²) in [5, 5.41) is 2.19. The molecule has 0 aliphatic heterocycles. The number of hydrogen-bond donors (Lipinski definition) is 0. The molecule has 2 rings (SSSR count). The van der Waals surface area contributed by atoms with Crippen molar-refractivity contribution in [1.82, 2.24) is 0 Å². The highest BCUT2D eigenvalue weighted by Gasteiger charge is 2.30. The van der Waals surface area contributed by atoms with Gasteiger partial charge in [0.2, 0.25) is 0 Å². The molecule has 1 heterocycles. The molecular formula is C9H4BrF3S2. The first kappa shape index (κ1) is 11.3. The SMILES string of the molecule is FC(F)(F)Sc1csc2c(Br)cccc12. The van der Waals surface area contributed by atoms with Crippen molar-refractivity contribution in [3.63, 3.8) is 0 Å². The predicted octanol–water partition coefficient (Wildman–Crippen LogP) is 5.28. The molecule has 0 aliphatic rings. The fraction of sp³-hybridized carbons (Fsp3) is 0.111. The van der Waals surface area contributed by atoms with E-state index in [9.17, 15) is 13.2 Å². The minimum atomic E-state index is -4.23. The second kappa shape index (κ2) is 3.99. The smallest absolute Gasteiger partial charge is 0.160 e. The number of hydrogen-bond acceptors (Lipinski definition) is 2. The molecule has 6 heteroatoms. The van der Waals surface area contributed by atoms with Gasteiger partial charge in [0.05, 0.1) is 0 Å². The fourth-order valence-electron chi connectivity index (χ4n) is 1.20. The fourth-order valence-corrected chi connectivity index (χ4v) is 3.62. The maximum absolute atomic E-state index is 12.2. The molecule has 80 valence electrons. The summed E-state index contributed by atoms with van der Waals surface area (Å²) < 4.78 is 38.3. The summed E-state index contributed by atoms with van der Waals surface area (Å²) in [7, 11) is 0. The Balaban J connectivity index is 2.50. The van der Waals surface area contributed by atoms with Crippen molar-refractivity contribution >= 4 is 49.1 Å². The summed E-state index contributed by atoms with van der Waals surface area (Å²) in [6.07, 6.45) is 0. The van der Waals surface area contributed by atoms with E-state index in [1.165, 1.54) is 16.7 Å². The third-order valence-corrected chi connectivity index (χ3v) is 4.63. The largest absolute Gasteiger partial charge is 0.446 e. The molecule has 0 N–H and O–H groups in total. The lowest BCUT2D eigenvalue weighted by Gasteiger charge is -2.03. The van der Waals surface area contributed by atoms with Crippen LogP contribution in [0.3, 0.4) is 0 Å².